The highest BCUT2D eigenvalue weighted by atomic mass is 32.2. The van der Waals surface area contributed by atoms with E-state index in [0.29, 0.717) is 49.1 Å². The number of carbonyl (C=O) groups is 3. The van der Waals surface area contributed by atoms with Crippen LogP contribution in [0.5, 0.6) is 0 Å². The third-order valence-electron chi connectivity index (χ3n) is 8.81. The number of carbonyl (C=O) groups excluding carboxylic acids is 3. The lowest BCUT2D eigenvalue weighted by atomic mass is 10.1. The molecular weight excluding hydrogens is 655 g/mol. The van der Waals surface area contributed by atoms with Gasteiger partial charge >= 0.3 is 6.09 Å². The van der Waals surface area contributed by atoms with Gasteiger partial charge in [0.15, 0.2) is 5.17 Å². The van der Waals surface area contributed by atoms with Crippen molar-refractivity contribution in [3.63, 3.8) is 0 Å². The van der Waals surface area contributed by atoms with Gasteiger partial charge in [-0.2, -0.15) is 0 Å². The van der Waals surface area contributed by atoms with Crippen LogP contribution < -0.4 is 10.2 Å². The number of nitrogens with one attached hydrogen (secondary N) is 1. The van der Waals surface area contributed by atoms with Crippen LogP contribution in [-0.2, 0) is 32.2 Å². The summed E-state index contributed by atoms with van der Waals surface area (Å²) in [4.78, 5) is 58.9. The number of rotatable bonds is 9. The highest BCUT2D eigenvalue weighted by Gasteiger charge is 2.40. The summed E-state index contributed by atoms with van der Waals surface area (Å²) in [5.41, 5.74) is 4.74. The van der Waals surface area contributed by atoms with Gasteiger partial charge in [0.25, 0.3) is 0 Å². The number of aliphatic imine (C=N–C) groups is 1. The number of likely N-dealkylation sites (tertiary alicyclic amines) is 1. The lowest BCUT2D eigenvalue weighted by molar-refractivity contribution is -0.126. The summed E-state index contributed by atoms with van der Waals surface area (Å²) in [6, 6.07) is 24.1. The molecule has 13 heteroatoms. The van der Waals surface area contributed by atoms with Crippen LogP contribution >= 0.6 is 11.8 Å². The number of nitrogens with zero attached hydrogens (tertiary/aromatic N) is 6. The first kappa shape index (κ1) is 33.2. The summed E-state index contributed by atoms with van der Waals surface area (Å²) >= 11 is 1.38. The summed E-state index contributed by atoms with van der Waals surface area (Å²) in [7, 11) is 0. The van der Waals surface area contributed by atoms with Crippen LogP contribution in [0, 0.1) is 0 Å². The van der Waals surface area contributed by atoms with E-state index in [-0.39, 0.29) is 25.0 Å². The van der Waals surface area contributed by atoms with E-state index >= 15 is 0 Å². The molecule has 1 N–H and O–H groups in total. The van der Waals surface area contributed by atoms with Crippen LogP contribution in [0.4, 0.5) is 21.9 Å². The van der Waals surface area contributed by atoms with Crippen LogP contribution in [0.25, 0.3) is 0 Å². The molecule has 12 nitrogen and oxygen atoms in total. The Kier molecular flexibility index (Phi) is 10.3. The number of ether oxygens (including phenoxy) is 2. The van der Waals surface area contributed by atoms with E-state index in [1.54, 1.807) is 35.6 Å². The van der Waals surface area contributed by atoms with E-state index in [9.17, 15) is 14.4 Å². The molecule has 1 unspecified atom stereocenters. The van der Waals surface area contributed by atoms with Crippen molar-refractivity contribution < 1.29 is 23.9 Å². The first-order valence-electron chi connectivity index (χ1n) is 16.6. The Morgan fingerprint density at radius 3 is 2.48 bits per heavy atom. The third-order valence-corrected chi connectivity index (χ3v) is 10.0. The normalized spacial score (nSPS) is 20.0. The molecule has 0 aliphatic carbocycles. The average molecular weight is 692 g/mol. The zero-order valence-corrected chi connectivity index (χ0v) is 28.2. The molecule has 0 bridgehead atoms. The van der Waals surface area contributed by atoms with Crippen molar-refractivity contribution in [3.05, 3.63) is 114 Å². The molecule has 0 radical (unpaired) electrons. The fourth-order valence-electron chi connectivity index (χ4n) is 6.17. The highest BCUT2D eigenvalue weighted by Crippen LogP contribution is 2.41. The van der Waals surface area contributed by atoms with E-state index in [4.69, 9.17) is 14.5 Å². The number of aromatic nitrogens is 2. The molecule has 50 heavy (non-hydrogen) atoms. The molecule has 2 atom stereocenters. The molecule has 0 spiro atoms. The Hall–Kier alpha value is -5.27. The number of hydrogen-bond acceptors (Lipinski definition) is 10. The van der Waals surface area contributed by atoms with Crippen LogP contribution in [0.3, 0.4) is 0 Å². The summed E-state index contributed by atoms with van der Waals surface area (Å²) in [6.45, 7) is 3.95. The second-order valence-corrected chi connectivity index (χ2v) is 13.2. The lowest BCUT2D eigenvalue weighted by Gasteiger charge is -2.28. The standard InChI is InChI=1S/C37H37N7O5S/c45-34(32-7-4-18-43(32)37(47)49-25-26-5-2-1-3-6-26)40-28-10-8-27(9-11-28)33-35(46)44(24-30-23-38-16-17-39-30)36(50-33)41-29-12-14-31(15-13-29)42-19-21-48-22-20-42/h1-3,5-6,8-17,23,32-33H,4,7,18-22,24-25H2,(H,40,45)/t32-,33?/m0/s1. The summed E-state index contributed by atoms with van der Waals surface area (Å²) in [5, 5.41) is 2.98. The molecular formula is C37H37N7O5S. The minimum absolute atomic E-state index is 0.114. The number of hydrogen-bond donors (Lipinski definition) is 1. The van der Waals surface area contributed by atoms with Gasteiger partial charge in [-0.25, -0.2) is 9.79 Å². The van der Waals surface area contributed by atoms with Gasteiger partial charge in [-0.1, -0.05) is 54.2 Å². The first-order valence-corrected chi connectivity index (χ1v) is 17.5. The lowest BCUT2D eigenvalue weighted by Crippen LogP contribution is -2.43. The van der Waals surface area contributed by atoms with Crippen molar-refractivity contribution in [3.8, 4) is 0 Å². The highest BCUT2D eigenvalue weighted by molar-refractivity contribution is 8.15. The number of amides is 3. The zero-order valence-electron chi connectivity index (χ0n) is 27.4. The maximum absolute atomic E-state index is 13.9. The number of amidine groups is 1. The molecule has 4 heterocycles. The van der Waals surface area contributed by atoms with Crippen molar-refractivity contribution in [2.75, 3.05) is 43.1 Å². The monoisotopic (exact) mass is 691 g/mol. The largest absolute Gasteiger partial charge is 0.445 e. The Morgan fingerprint density at radius 1 is 0.960 bits per heavy atom. The molecule has 3 aromatic carbocycles. The van der Waals surface area contributed by atoms with Gasteiger partial charge in [0.05, 0.1) is 37.3 Å². The molecule has 3 aliphatic heterocycles. The van der Waals surface area contributed by atoms with E-state index in [0.717, 1.165) is 35.6 Å². The average Bonchev–Trinajstić information content (AvgIpc) is 3.78. The van der Waals surface area contributed by atoms with Gasteiger partial charge < -0.3 is 19.7 Å². The van der Waals surface area contributed by atoms with Crippen molar-refractivity contribution in [1.29, 1.82) is 0 Å². The maximum atomic E-state index is 13.9. The molecule has 3 saturated heterocycles. The van der Waals surface area contributed by atoms with Crippen LogP contribution in [0.1, 0.15) is 34.9 Å². The molecule has 3 fully saturated rings. The fourth-order valence-corrected chi connectivity index (χ4v) is 7.34. The fraction of sp³-hybridized carbons (Fsp3) is 0.297. The van der Waals surface area contributed by atoms with Crippen LogP contribution in [-0.4, -0.2) is 81.7 Å². The summed E-state index contributed by atoms with van der Waals surface area (Å²) < 4.78 is 11.0. The van der Waals surface area contributed by atoms with Gasteiger partial charge in [0.1, 0.15) is 17.9 Å². The van der Waals surface area contributed by atoms with Crippen molar-refractivity contribution >= 4 is 51.9 Å². The van der Waals surface area contributed by atoms with Gasteiger partial charge in [-0.15, -0.1) is 0 Å². The minimum atomic E-state index is -0.624. The van der Waals surface area contributed by atoms with E-state index in [2.05, 4.69) is 20.2 Å². The molecule has 4 aromatic rings. The number of thioether (sulfide) groups is 1. The number of anilines is 2. The molecule has 7 rings (SSSR count). The first-order chi connectivity index (χ1) is 24.5. The quantitative estimate of drug-likeness (QED) is 0.240. The second-order valence-electron chi connectivity index (χ2n) is 12.1. The van der Waals surface area contributed by atoms with E-state index in [1.807, 2.05) is 66.7 Å². The van der Waals surface area contributed by atoms with E-state index < -0.39 is 17.4 Å². The van der Waals surface area contributed by atoms with Gasteiger partial charge in [0.2, 0.25) is 11.8 Å². The van der Waals surface area contributed by atoms with Crippen molar-refractivity contribution in [1.82, 2.24) is 19.8 Å². The van der Waals surface area contributed by atoms with Crippen molar-refractivity contribution in [2.24, 2.45) is 4.99 Å². The predicted octanol–water partition coefficient (Wildman–Crippen LogP) is 5.56. The van der Waals surface area contributed by atoms with Gasteiger partial charge in [-0.3, -0.25) is 29.4 Å². The summed E-state index contributed by atoms with van der Waals surface area (Å²) in [5.74, 6) is -0.390. The maximum Gasteiger partial charge on any atom is 0.410 e. The van der Waals surface area contributed by atoms with E-state index in [1.165, 1.54) is 16.7 Å². The Labute approximate surface area is 294 Å². The second kappa shape index (κ2) is 15.5. The topological polar surface area (TPSA) is 130 Å². The van der Waals surface area contributed by atoms with Crippen molar-refractivity contribution in [2.45, 2.75) is 37.3 Å². The van der Waals surface area contributed by atoms with Crippen LogP contribution in [0.2, 0.25) is 0 Å². The smallest absolute Gasteiger partial charge is 0.410 e. The molecule has 1 aromatic heterocycles. The van der Waals surface area contributed by atoms with Gasteiger partial charge in [-0.05, 0) is 60.4 Å². The third kappa shape index (κ3) is 7.79. The van der Waals surface area contributed by atoms with Gasteiger partial charge in [0, 0.05) is 43.4 Å². The summed E-state index contributed by atoms with van der Waals surface area (Å²) in [6.07, 6.45) is 5.61. The predicted molar refractivity (Wildman–Crippen MR) is 191 cm³/mol. The zero-order chi connectivity index (χ0) is 34.3. The van der Waals surface area contributed by atoms with Crippen LogP contribution in [0.15, 0.2) is 102 Å². The Morgan fingerprint density at radius 2 is 1.74 bits per heavy atom. The number of morpholine rings is 1. The number of benzene rings is 3. The molecule has 256 valence electrons. The Balaban J connectivity index is 1.03. The minimum Gasteiger partial charge on any atom is -0.445 e. The molecule has 0 saturated carbocycles. The molecule has 3 amide bonds. The Bertz CT molecular complexity index is 1820. The molecule has 3 aliphatic rings. The SMILES string of the molecule is O=C(Nc1ccc(C2SC(=Nc3ccc(N4CCOCC4)cc3)N(Cc3cnccn3)C2=O)cc1)[C@@H]1CCCN1C(=O)OCc1ccccc1.